The van der Waals surface area contributed by atoms with Crippen LogP contribution in [0, 0.1) is 5.82 Å². The average molecular weight is 300 g/mol. The monoisotopic (exact) mass is 300 g/mol. The van der Waals surface area contributed by atoms with E-state index >= 15 is 0 Å². The largest absolute Gasteiger partial charge is 0.462 e. The maximum atomic E-state index is 14.3. The van der Waals surface area contributed by atoms with Gasteiger partial charge in [-0.15, -0.1) is 0 Å². The van der Waals surface area contributed by atoms with E-state index in [0.717, 1.165) is 24.8 Å². The Balaban J connectivity index is 2.20. The van der Waals surface area contributed by atoms with Gasteiger partial charge in [0.15, 0.2) is 0 Å². The second kappa shape index (κ2) is 7.74. The Morgan fingerprint density at radius 1 is 1.05 bits per heavy atom. The summed E-state index contributed by atoms with van der Waals surface area (Å²) in [5, 5.41) is 0. The zero-order valence-electron chi connectivity index (χ0n) is 13.1. The van der Waals surface area contributed by atoms with Gasteiger partial charge in [-0.05, 0) is 36.1 Å². The van der Waals surface area contributed by atoms with E-state index in [9.17, 15) is 9.18 Å². The molecule has 116 valence electrons. The van der Waals surface area contributed by atoms with Gasteiger partial charge in [0.2, 0.25) is 0 Å². The topological polar surface area (TPSA) is 26.3 Å². The minimum atomic E-state index is -0.481. The van der Waals surface area contributed by atoms with Gasteiger partial charge in [-0.3, -0.25) is 0 Å². The molecule has 2 rings (SSSR count). The molecule has 0 atom stereocenters. The summed E-state index contributed by atoms with van der Waals surface area (Å²) in [5.74, 6) is -0.889. The summed E-state index contributed by atoms with van der Waals surface area (Å²) >= 11 is 0. The zero-order chi connectivity index (χ0) is 15.9. The minimum Gasteiger partial charge on any atom is -0.462 e. The molecule has 2 aromatic carbocycles. The molecule has 0 aliphatic carbocycles. The maximum Gasteiger partial charge on any atom is 0.338 e. The highest BCUT2D eigenvalue weighted by atomic mass is 19.1. The molecule has 0 aromatic heterocycles. The Morgan fingerprint density at radius 2 is 1.77 bits per heavy atom. The number of benzene rings is 2. The van der Waals surface area contributed by atoms with Gasteiger partial charge in [0, 0.05) is 5.56 Å². The number of carbonyl (C=O) groups is 1. The zero-order valence-corrected chi connectivity index (χ0v) is 13.1. The highest BCUT2D eigenvalue weighted by Crippen LogP contribution is 2.24. The van der Waals surface area contributed by atoms with Crippen LogP contribution in [0.25, 0.3) is 11.1 Å². The SMILES string of the molecule is CCCOC(=O)c1ccc(-c2ccc(CCC)cc2)c(F)c1. The molecule has 0 spiro atoms. The predicted molar refractivity (Wildman–Crippen MR) is 86.4 cm³/mol. The fourth-order valence-electron chi connectivity index (χ4n) is 2.29. The predicted octanol–water partition coefficient (Wildman–Crippen LogP) is 5.01. The summed E-state index contributed by atoms with van der Waals surface area (Å²) in [7, 11) is 0. The highest BCUT2D eigenvalue weighted by molar-refractivity contribution is 5.90. The van der Waals surface area contributed by atoms with Crippen LogP contribution >= 0.6 is 0 Å². The van der Waals surface area contributed by atoms with Crippen molar-refractivity contribution in [2.45, 2.75) is 33.1 Å². The van der Waals surface area contributed by atoms with E-state index in [-0.39, 0.29) is 5.56 Å². The van der Waals surface area contributed by atoms with Crippen molar-refractivity contribution in [3.8, 4) is 11.1 Å². The molecule has 2 aromatic rings. The second-order valence-corrected chi connectivity index (χ2v) is 5.28. The first kappa shape index (κ1) is 16.2. The Bertz CT molecular complexity index is 632. The molecular formula is C19H21FO2. The molecule has 0 N–H and O–H groups in total. The van der Waals surface area contributed by atoms with Crippen LogP contribution < -0.4 is 0 Å². The number of ether oxygens (including phenoxy) is 1. The third-order valence-electron chi connectivity index (χ3n) is 3.45. The normalized spacial score (nSPS) is 10.5. The van der Waals surface area contributed by atoms with Crippen LogP contribution in [0.5, 0.6) is 0 Å². The average Bonchev–Trinajstić information content (AvgIpc) is 2.54. The van der Waals surface area contributed by atoms with Crippen molar-refractivity contribution in [3.05, 3.63) is 59.4 Å². The molecule has 0 saturated carbocycles. The van der Waals surface area contributed by atoms with Gasteiger partial charge in [0.1, 0.15) is 5.82 Å². The lowest BCUT2D eigenvalue weighted by Crippen LogP contribution is -2.06. The van der Waals surface area contributed by atoms with Crippen molar-refractivity contribution < 1.29 is 13.9 Å². The third-order valence-corrected chi connectivity index (χ3v) is 3.45. The first-order valence-corrected chi connectivity index (χ1v) is 7.71. The maximum absolute atomic E-state index is 14.3. The molecule has 0 aliphatic rings. The van der Waals surface area contributed by atoms with E-state index in [1.807, 2.05) is 31.2 Å². The molecule has 0 unspecified atom stereocenters. The van der Waals surface area contributed by atoms with Crippen LogP contribution in [-0.2, 0) is 11.2 Å². The molecule has 2 nitrogen and oxygen atoms in total. The highest BCUT2D eigenvalue weighted by Gasteiger charge is 2.12. The molecule has 0 radical (unpaired) electrons. The van der Waals surface area contributed by atoms with Gasteiger partial charge in [-0.1, -0.05) is 50.6 Å². The van der Waals surface area contributed by atoms with Gasteiger partial charge in [-0.2, -0.15) is 0 Å². The standard InChI is InChI=1S/C19H21FO2/c1-3-5-14-6-8-15(9-7-14)17-11-10-16(13-18(17)20)19(21)22-12-4-2/h6-11,13H,3-5,12H2,1-2H3. The number of aryl methyl sites for hydroxylation is 1. The van der Waals surface area contributed by atoms with E-state index < -0.39 is 11.8 Å². The number of hydrogen-bond acceptors (Lipinski definition) is 2. The van der Waals surface area contributed by atoms with Crippen molar-refractivity contribution in [1.29, 1.82) is 0 Å². The van der Waals surface area contributed by atoms with Crippen LogP contribution in [0.1, 0.15) is 42.6 Å². The van der Waals surface area contributed by atoms with Crippen molar-refractivity contribution in [3.63, 3.8) is 0 Å². The lowest BCUT2D eigenvalue weighted by Gasteiger charge is -2.08. The Hall–Kier alpha value is -2.16. The van der Waals surface area contributed by atoms with Crippen molar-refractivity contribution >= 4 is 5.97 Å². The van der Waals surface area contributed by atoms with Gasteiger partial charge in [0.25, 0.3) is 0 Å². The van der Waals surface area contributed by atoms with Crippen LogP contribution in [0.15, 0.2) is 42.5 Å². The van der Waals surface area contributed by atoms with Crippen LogP contribution in [0.3, 0.4) is 0 Å². The number of halogens is 1. The number of rotatable bonds is 6. The molecule has 0 heterocycles. The Labute approximate surface area is 130 Å². The summed E-state index contributed by atoms with van der Waals surface area (Å²) in [6.45, 7) is 4.39. The lowest BCUT2D eigenvalue weighted by molar-refractivity contribution is 0.0504. The Morgan fingerprint density at radius 3 is 2.36 bits per heavy atom. The number of carbonyl (C=O) groups excluding carboxylic acids is 1. The van der Waals surface area contributed by atoms with Crippen LogP contribution in [0.4, 0.5) is 4.39 Å². The Kier molecular flexibility index (Phi) is 5.70. The second-order valence-electron chi connectivity index (χ2n) is 5.28. The van der Waals surface area contributed by atoms with Crippen molar-refractivity contribution in [1.82, 2.24) is 0 Å². The first-order valence-electron chi connectivity index (χ1n) is 7.71. The number of hydrogen-bond donors (Lipinski definition) is 0. The fourth-order valence-corrected chi connectivity index (χ4v) is 2.29. The fraction of sp³-hybridized carbons (Fsp3) is 0.316. The lowest BCUT2D eigenvalue weighted by atomic mass is 10.0. The molecule has 22 heavy (non-hydrogen) atoms. The van der Waals surface area contributed by atoms with E-state index in [1.54, 1.807) is 12.1 Å². The van der Waals surface area contributed by atoms with Gasteiger partial charge < -0.3 is 4.74 Å². The van der Waals surface area contributed by atoms with E-state index in [0.29, 0.717) is 12.2 Å². The smallest absolute Gasteiger partial charge is 0.338 e. The number of esters is 1. The molecule has 3 heteroatoms. The van der Waals surface area contributed by atoms with Crippen LogP contribution in [0.2, 0.25) is 0 Å². The molecule has 0 bridgehead atoms. The van der Waals surface area contributed by atoms with Crippen molar-refractivity contribution in [2.75, 3.05) is 6.61 Å². The summed E-state index contributed by atoms with van der Waals surface area (Å²) in [4.78, 5) is 11.7. The van der Waals surface area contributed by atoms with Gasteiger partial charge >= 0.3 is 5.97 Å². The molecule has 0 amide bonds. The first-order chi connectivity index (χ1) is 10.7. The van der Waals surface area contributed by atoms with E-state index in [2.05, 4.69) is 6.92 Å². The van der Waals surface area contributed by atoms with Crippen LogP contribution in [-0.4, -0.2) is 12.6 Å². The molecular weight excluding hydrogens is 279 g/mol. The minimum absolute atomic E-state index is 0.248. The molecule has 0 fully saturated rings. The van der Waals surface area contributed by atoms with Crippen molar-refractivity contribution in [2.24, 2.45) is 0 Å². The van der Waals surface area contributed by atoms with E-state index in [1.165, 1.54) is 11.6 Å². The third kappa shape index (κ3) is 3.94. The summed E-state index contributed by atoms with van der Waals surface area (Å²) in [6, 6.07) is 12.3. The van der Waals surface area contributed by atoms with Gasteiger partial charge in [-0.25, -0.2) is 9.18 Å². The van der Waals surface area contributed by atoms with E-state index in [4.69, 9.17) is 4.74 Å². The molecule has 0 saturated heterocycles. The summed E-state index contributed by atoms with van der Waals surface area (Å²) < 4.78 is 19.3. The molecule has 0 aliphatic heterocycles. The quantitative estimate of drug-likeness (QED) is 0.701. The van der Waals surface area contributed by atoms with Gasteiger partial charge in [0.05, 0.1) is 12.2 Å². The summed E-state index contributed by atoms with van der Waals surface area (Å²) in [5.41, 5.74) is 2.80. The summed E-state index contributed by atoms with van der Waals surface area (Å²) in [6.07, 6.45) is 2.85.